The van der Waals surface area contributed by atoms with Gasteiger partial charge in [0, 0.05) is 4.88 Å². The fraction of sp³-hybridized carbons (Fsp3) is 0.214. The van der Waals surface area contributed by atoms with E-state index in [1.807, 2.05) is 25.1 Å². The number of aryl methyl sites for hydroxylation is 1. The lowest BCUT2D eigenvalue weighted by atomic mass is 10.1. The Kier molecular flexibility index (Phi) is 3.59. The van der Waals surface area contributed by atoms with E-state index in [-0.39, 0.29) is 0 Å². The van der Waals surface area contributed by atoms with Crippen molar-refractivity contribution in [2.24, 2.45) is 0 Å². The van der Waals surface area contributed by atoms with Crippen LogP contribution in [0.15, 0.2) is 29.6 Å². The SMILES string of the molecule is CCOc1cc(-c2cc(C)cs2)ccc1C=O. The first-order chi connectivity index (χ1) is 8.24. The third-order valence-electron chi connectivity index (χ3n) is 2.46. The minimum absolute atomic E-state index is 0.563. The molecule has 0 saturated carbocycles. The summed E-state index contributed by atoms with van der Waals surface area (Å²) < 4.78 is 5.47. The van der Waals surface area contributed by atoms with Gasteiger partial charge in [-0.3, -0.25) is 4.79 Å². The van der Waals surface area contributed by atoms with Crippen molar-refractivity contribution >= 4 is 17.6 Å². The summed E-state index contributed by atoms with van der Waals surface area (Å²) in [6, 6.07) is 7.83. The van der Waals surface area contributed by atoms with E-state index in [4.69, 9.17) is 4.74 Å². The first-order valence-electron chi connectivity index (χ1n) is 5.52. The van der Waals surface area contributed by atoms with E-state index in [0.29, 0.717) is 17.9 Å². The molecule has 1 aromatic heterocycles. The molecule has 2 rings (SSSR count). The van der Waals surface area contributed by atoms with Crippen molar-refractivity contribution in [3.63, 3.8) is 0 Å². The Morgan fingerprint density at radius 3 is 2.76 bits per heavy atom. The minimum Gasteiger partial charge on any atom is -0.493 e. The van der Waals surface area contributed by atoms with Gasteiger partial charge in [-0.2, -0.15) is 0 Å². The highest BCUT2D eigenvalue weighted by Gasteiger charge is 2.07. The molecular formula is C14H14O2S. The summed E-state index contributed by atoms with van der Waals surface area (Å²) in [5, 5.41) is 2.11. The van der Waals surface area contributed by atoms with Crippen LogP contribution in [0.3, 0.4) is 0 Å². The van der Waals surface area contributed by atoms with E-state index < -0.39 is 0 Å². The van der Waals surface area contributed by atoms with Crippen LogP contribution in [0.2, 0.25) is 0 Å². The third-order valence-corrected chi connectivity index (χ3v) is 3.55. The minimum atomic E-state index is 0.563. The molecule has 0 fully saturated rings. The Hall–Kier alpha value is -1.61. The van der Waals surface area contributed by atoms with Crippen molar-refractivity contribution in [2.75, 3.05) is 6.61 Å². The summed E-state index contributed by atoms with van der Waals surface area (Å²) in [5.74, 6) is 0.658. The number of carbonyl (C=O) groups excluding carboxylic acids is 1. The largest absolute Gasteiger partial charge is 0.493 e. The van der Waals surface area contributed by atoms with Crippen LogP contribution >= 0.6 is 11.3 Å². The Labute approximate surface area is 105 Å². The molecule has 0 unspecified atom stereocenters. The van der Waals surface area contributed by atoms with Crippen LogP contribution in [0.25, 0.3) is 10.4 Å². The monoisotopic (exact) mass is 246 g/mol. The summed E-state index contributed by atoms with van der Waals surface area (Å²) in [4.78, 5) is 12.1. The molecule has 1 aromatic carbocycles. The lowest BCUT2D eigenvalue weighted by Crippen LogP contribution is -1.96. The zero-order valence-electron chi connectivity index (χ0n) is 9.90. The molecule has 0 aliphatic rings. The van der Waals surface area contributed by atoms with Crippen molar-refractivity contribution in [1.29, 1.82) is 0 Å². The van der Waals surface area contributed by atoms with E-state index in [9.17, 15) is 4.79 Å². The quantitative estimate of drug-likeness (QED) is 0.764. The first kappa shape index (κ1) is 11.9. The van der Waals surface area contributed by atoms with Gasteiger partial charge in [0.2, 0.25) is 0 Å². The van der Waals surface area contributed by atoms with E-state index in [2.05, 4.69) is 18.4 Å². The van der Waals surface area contributed by atoms with Crippen molar-refractivity contribution < 1.29 is 9.53 Å². The molecule has 0 saturated heterocycles. The lowest BCUT2D eigenvalue weighted by molar-refractivity contribution is 0.112. The van der Waals surface area contributed by atoms with Gasteiger partial charge in [0.05, 0.1) is 12.2 Å². The number of hydrogen-bond donors (Lipinski definition) is 0. The van der Waals surface area contributed by atoms with E-state index in [1.165, 1.54) is 10.4 Å². The molecule has 0 radical (unpaired) electrons. The van der Waals surface area contributed by atoms with Crippen molar-refractivity contribution in [1.82, 2.24) is 0 Å². The fourth-order valence-corrected chi connectivity index (χ4v) is 2.55. The van der Waals surface area contributed by atoms with E-state index in [1.54, 1.807) is 11.3 Å². The summed E-state index contributed by atoms with van der Waals surface area (Å²) in [6.45, 7) is 4.55. The second-order valence-corrected chi connectivity index (χ2v) is 4.70. The highest BCUT2D eigenvalue weighted by molar-refractivity contribution is 7.13. The summed E-state index contributed by atoms with van der Waals surface area (Å²) in [6.07, 6.45) is 0.828. The molecule has 17 heavy (non-hydrogen) atoms. The van der Waals surface area contributed by atoms with Crippen molar-refractivity contribution in [3.05, 3.63) is 40.8 Å². The molecule has 0 N–H and O–H groups in total. The Morgan fingerprint density at radius 1 is 1.35 bits per heavy atom. The predicted molar refractivity (Wildman–Crippen MR) is 71.0 cm³/mol. The van der Waals surface area contributed by atoms with Gasteiger partial charge in [0.1, 0.15) is 5.75 Å². The first-order valence-corrected chi connectivity index (χ1v) is 6.40. The van der Waals surface area contributed by atoms with Crippen molar-refractivity contribution in [2.45, 2.75) is 13.8 Å². The zero-order valence-corrected chi connectivity index (χ0v) is 10.7. The Bertz CT molecular complexity index is 529. The predicted octanol–water partition coefficient (Wildman–Crippen LogP) is 3.93. The molecule has 0 spiro atoms. The molecule has 0 atom stereocenters. The van der Waals surface area contributed by atoms with E-state index in [0.717, 1.165) is 11.8 Å². The van der Waals surface area contributed by atoms with Crippen LogP contribution in [0, 0.1) is 6.92 Å². The van der Waals surface area contributed by atoms with Crippen LogP contribution in [0.4, 0.5) is 0 Å². The molecule has 0 amide bonds. The molecule has 0 aliphatic carbocycles. The van der Waals surface area contributed by atoms with Gasteiger partial charge in [-0.15, -0.1) is 11.3 Å². The van der Waals surface area contributed by atoms with E-state index >= 15 is 0 Å². The molecule has 2 nitrogen and oxygen atoms in total. The van der Waals surface area contributed by atoms with Crippen LogP contribution in [-0.4, -0.2) is 12.9 Å². The highest BCUT2D eigenvalue weighted by Crippen LogP contribution is 2.31. The smallest absolute Gasteiger partial charge is 0.153 e. The summed E-state index contributed by atoms with van der Waals surface area (Å²) in [7, 11) is 0. The number of thiophene rings is 1. The number of benzene rings is 1. The zero-order chi connectivity index (χ0) is 12.3. The summed E-state index contributed by atoms with van der Waals surface area (Å²) >= 11 is 1.70. The van der Waals surface area contributed by atoms with Crippen LogP contribution in [0.5, 0.6) is 5.75 Å². The molecule has 0 aliphatic heterocycles. The van der Waals surface area contributed by atoms with Gasteiger partial charge < -0.3 is 4.74 Å². The van der Waals surface area contributed by atoms with Gasteiger partial charge in [-0.25, -0.2) is 0 Å². The summed E-state index contributed by atoms with van der Waals surface area (Å²) in [5.41, 5.74) is 2.95. The van der Waals surface area contributed by atoms with Crippen LogP contribution < -0.4 is 4.74 Å². The van der Waals surface area contributed by atoms with Gasteiger partial charge in [0.25, 0.3) is 0 Å². The second kappa shape index (κ2) is 5.15. The molecule has 88 valence electrons. The van der Waals surface area contributed by atoms with Gasteiger partial charge in [-0.05, 0) is 48.6 Å². The normalized spacial score (nSPS) is 10.2. The lowest BCUT2D eigenvalue weighted by Gasteiger charge is -2.07. The third kappa shape index (κ3) is 2.56. The van der Waals surface area contributed by atoms with Gasteiger partial charge in [0.15, 0.2) is 6.29 Å². The molecular weight excluding hydrogens is 232 g/mol. The van der Waals surface area contributed by atoms with Gasteiger partial charge in [-0.1, -0.05) is 6.07 Å². The molecule has 1 heterocycles. The number of rotatable bonds is 4. The number of ether oxygens (including phenoxy) is 1. The number of hydrogen-bond acceptors (Lipinski definition) is 3. The van der Waals surface area contributed by atoms with Gasteiger partial charge >= 0.3 is 0 Å². The maximum absolute atomic E-state index is 10.9. The topological polar surface area (TPSA) is 26.3 Å². The van der Waals surface area contributed by atoms with Crippen molar-refractivity contribution in [3.8, 4) is 16.2 Å². The highest BCUT2D eigenvalue weighted by atomic mass is 32.1. The Morgan fingerprint density at radius 2 is 2.18 bits per heavy atom. The van der Waals surface area contributed by atoms with Crippen LogP contribution in [-0.2, 0) is 0 Å². The standard InChI is InChI=1S/C14H14O2S/c1-3-16-13-7-11(4-5-12(13)8-15)14-6-10(2)9-17-14/h4-9H,3H2,1-2H3. The Balaban J connectivity index is 2.42. The average molecular weight is 246 g/mol. The molecule has 2 aromatic rings. The average Bonchev–Trinajstić information content (AvgIpc) is 2.76. The maximum atomic E-state index is 10.9. The maximum Gasteiger partial charge on any atom is 0.153 e. The number of carbonyl (C=O) groups is 1. The second-order valence-electron chi connectivity index (χ2n) is 3.79. The number of aldehydes is 1. The fourth-order valence-electron chi connectivity index (χ4n) is 1.65. The van der Waals surface area contributed by atoms with Crippen LogP contribution in [0.1, 0.15) is 22.8 Å². The molecule has 3 heteroatoms. The molecule has 0 bridgehead atoms.